The number of aromatic nitrogens is 1. The Labute approximate surface area is 172 Å². The topological polar surface area (TPSA) is 118 Å². The monoisotopic (exact) mass is 443 g/mol. The molecule has 1 atom stereocenters. The van der Waals surface area contributed by atoms with E-state index in [1.54, 1.807) is 6.20 Å². The summed E-state index contributed by atoms with van der Waals surface area (Å²) in [4.78, 5) is 18.0. The van der Waals surface area contributed by atoms with Crippen LogP contribution in [0.2, 0.25) is 0 Å². The highest BCUT2D eigenvalue weighted by Gasteiger charge is 2.27. The summed E-state index contributed by atoms with van der Waals surface area (Å²) in [7, 11) is -1.98. The lowest BCUT2D eigenvalue weighted by atomic mass is 10.3. The van der Waals surface area contributed by atoms with Gasteiger partial charge in [-0.2, -0.15) is 4.31 Å². The number of hydrogen-bond acceptors (Lipinski definition) is 7. The Balaban J connectivity index is 0.00000338. The highest BCUT2D eigenvalue weighted by atomic mass is 35.5. The Hall–Kier alpha value is -1.17. The van der Waals surface area contributed by atoms with Gasteiger partial charge in [-0.1, -0.05) is 6.07 Å². The largest absolute Gasteiger partial charge is 0.383 e. The molecule has 1 saturated heterocycles. The van der Waals surface area contributed by atoms with Crippen molar-refractivity contribution in [1.82, 2.24) is 14.6 Å². The molecular formula is C15H27Cl2N5O4S. The van der Waals surface area contributed by atoms with E-state index in [1.165, 1.54) is 11.4 Å². The molecule has 0 aliphatic carbocycles. The van der Waals surface area contributed by atoms with Gasteiger partial charge in [0.1, 0.15) is 11.9 Å². The van der Waals surface area contributed by atoms with E-state index in [9.17, 15) is 13.2 Å². The minimum absolute atomic E-state index is 0. The first kappa shape index (κ1) is 25.8. The van der Waals surface area contributed by atoms with Gasteiger partial charge < -0.3 is 20.7 Å². The number of sulfonamides is 1. The Morgan fingerprint density at radius 2 is 1.96 bits per heavy atom. The van der Waals surface area contributed by atoms with Gasteiger partial charge in [0.25, 0.3) is 0 Å². The third-order valence-electron chi connectivity index (χ3n) is 3.95. The van der Waals surface area contributed by atoms with Gasteiger partial charge in [-0.3, -0.25) is 4.79 Å². The molecule has 1 amide bonds. The number of halogens is 2. The lowest BCUT2D eigenvalue weighted by molar-refractivity contribution is -0.123. The molecule has 1 aromatic heterocycles. The third-order valence-corrected chi connectivity index (χ3v) is 5.82. The third kappa shape index (κ3) is 7.76. The number of carbonyl (C=O) groups is 1. The lowest BCUT2D eigenvalue weighted by Gasteiger charge is -2.34. The summed E-state index contributed by atoms with van der Waals surface area (Å²) in [6, 6.07) is 4.86. The zero-order chi connectivity index (χ0) is 18.3. The van der Waals surface area contributed by atoms with Crippen LogP contribution in [0.4, 0.5) is 5.82 Å². The summed E-state index contributed by atoms with van der Waals surface area (Å²) >= 11 is 0. The molecule has 1 aliphatic heterocycles. The van der Waals surface area contributed by atoms with Crippen LogP contribution in [-0.4, -0.2) is 81.8 Å². The summed E-state index contributed by atoms with van der Waals surface area (Å²) in [5, 5.41) is 2.53. The number of pyridine rings is 1. The molecule has 0 spiro atoms. The van der Waals surface area contributed by atoms with Crippen molar-refractivity contribution in [3.8, 4) is 0 Å². The van der Waals surface area contributed by atoms with Crippen LogP contribution >= 0.6 is 24.8 Å². The minimum atomic E-state index is -3.42. The number of hydrogen-bond donors (Lipinski definition) is 2. The summed E-state index contributed by atoms with van der Waals surface area (Å²) in [5.41, 5.74) is 5.58. The summed E-state index contributed by atoms with van der Waals surface area (Å²) in [6.07, 6.45) is 1.72. The normalized spacial score (nSPS) is 16.0. The zero-order valence-electron chi connectivity index (χ0n) is 15.1. The minimum Gasteiger partial charge on any atom is -0.383 e. The molecule has 0 aromatic carbocycles. The van der Waals surface area contributed by atoms with Crippen LogP contribution in [-0.2, 0) is 19.6 Å². The molecule has 0 bridgehead atoms. The summed E-state index contributed by atoms with van der Waals surface area (Å²) in [5.74, 6) is 0.276. The Bertz CT molecular complexity index is 657. The predicted octanol–water partition coefficient (Wildman–Crippen LogP) is -0.533. The van der Waals surface area contributed by atoms with Crippen LogP contribution in [0, 0.1) is 0 Å². The van der Waals surface area contributed by atoms with E-state index in [-0.39, 0.29) is 43.7 Å². The highest BCUT2D eigenvalue weighted by Crippen LogP contribution is 2.14. The molecule has 1 unspecified atom stereocenters. The van der Waals surface area contributed by atoms with Crippen LogP contribution < -0.4 is 16.0 Å². The maximum Gasteiger partial charge on any atom is 0.239 e. The number of nitrogens with one attached hydrogen (secondary N) is 1. The van der Waals surface area contributed by atoms with E-state index >= 15 is 0 Å². The quantitative estimate of drug-likeness (QED) is 0.553. The second kappa shape index (κ2) is 12.3. The molecule has 0 radical (unpaired) electrons. The molecule has 0 saturated carbocycles. The number of methoxy groups -OCH3 is 1. The molecule has 1 aromatic rings. The molecule has 9 nitrogen and oxygen atoms in total. The molecule has 3 N–H and O–H groups in total. The van der Waals surface area contributed by atoms with Gasteiger partial charge in [0, 0.05) is 46.0 Å². The smallest absolute Gasteiger partial charge is 0.239 e. The van der Waals surface area contributed by atoms with Crippen LogP contribution in [0.15, 0.2) is 24.4 Å². The van der Waals surface area contributed by atoms with Gasteiger partial charge in [0.05, 0.1) is 12.4 Å². The SMILES string of the molecule is COCC(N)C(=O)NCCS(=O)(=O)N1CCN(c2ccccn2)CC1.Cl.Cl. The standard InChI is InChI=1S/C15H25N5O4S.2ClH/c1-24-12-13(16)15(21)18-6-11-25(22,23)20-9-7-19(8-10-20)14-4-2-3-5-17-14;;/h2-5,13H,6-12,16H2,1H3,(H,18,21);2*1H. The number of anilines is 1. The Kier molecular flexibility index (Phi) is 11.8. The maximum absolute atomic E-state index is 12.4. The van der Waals surface area contributed by atoms with Crippen LogP contribution in [0.25, 0.3) is 0 Å². The molecule has 1 fully saturated rings. The van der Waals surface area contributed by atoms with E-state index in [0.717, 1.165) is 5.82 Å². The predicted molar refractivity (Wildman–Crippen MR) is 109 cm³/mol. The average Bonchev–Trinajstić information content (AvgIpc) is 2.62. The van der Waals surface area contributed by atoms with Crippen LogP contribution in [0.3, 0.4) is 0 Å². The van der Waals surface area contributed by atoms with Crippen molar-refractivity contribution < 1.29 is 17.9 Å². The van der Waals surface area contributed by atoms with E-state index in [4.69, 9.17) is 10.5 Å². The fourth-order valence-electron chi connectivity index (χ4n) is 2.55. The number of amides is 1. The van der Waals surface area contributed by atoms with E-state index < -0.39 is 22.0 Å². The molecule has 2 heterocycles. The van der Waals surface area contributed by atoms with Gasteiger partial charge in [-0.25, -0.2) is 13.4 Å². The second-order valence-electron chi connectivity index (χ2n) is 5.74. The van der Waals surface area contributed by atoms with Crippen LogP contribution in [0.1, 0.15) is 0 Å². The molecule has 1 aliphatic rings. The van der Waals surface area contributed by atoms with Crippen molar-refractivity contribution in [1.29, 1.82) is 0 Å². The van der Waals surface area contributed by atoms with Crippen LogP contribution in [0.5, 0.6) is 0 Å². The number of carbonyl (C=O) groups excluding carboxylic acids is 1. The number of rotatable bonds is 8. The Morgan fingerprint density at radius 3 is 2.52 bits per heavy atom. The van der Waals surface area contributed by atoms with E-state index in [0.29, 0.717) is 26.2 Å². The first-order valence-electron chi connectivity index (χ1n) is 8.10. The molecular weight excluding hydrogens is 417 g/mol. The van der Waals surface area contributed by atoms with Gasteiger partial charge >= 0.3 is 0 Å². The number of ether oxygens (including phenoxy) is 1. The van der Waals surface area contributed by atoms with Gasteiger partial charge in [-0.15, -0.1) is 24.8 Å². The van der Waals surface area contributed by atoms with E-state index in [2.05, 4.69) is 15.2 Å². The fourth-order valence-corrected chi connectivity index (χ4v) is 3.89. The number of nitrogens with two attached hydrogens (primary N) is 1. The summed E-state index contributed by atoms with van der Waals surface area (Å²) < 4.78 is 31.0. The van der Waals surface area contributed by atoms with Gasteiger partial charge in [-0.05, 0) is 12.1 Å². The summed E-state index contributed by atoms with van der Waals surface area (Å²) in [6.45, 7) is 2.09. The molecule has 156 valence electrons. The average molecular weight is 444 g/mol. The van der Waals surface area contributed by atoms with Crippen molar-refractivity contribution in [2.45, 2.75) is 6.04 Å². The van der Waals surface area contributed by atoms with Gasteiger partial charge in [0.2, 0.25) is 15.9 Å². The van der Waals surface area contributed by atoms with Crippen molar-refractivity contribution >= 4 is 46.6 Å². The van der Waals surface area contributed by atoms with Crippen molar-refractivity contribution in [3.05, 3.63) is 24.4 Å². The zero-order valence-corrected chi connectivity index (χ0v) is 17.6. The molecule has 2 rings (SSSR count). The van der Waals surface area contributed by atoms with Crippen molar-refractivity contribution in [2.75, 3.05) is 57.1 Å². The highest BCUT2D eigenvalue weighted by molar-refractivity contribution is 7.89. The number of nitrogens with zero attached hydrogens (tertiary/aromatic N) is 3. The molecule has 27 heavy (non-hydrogen) atoms. The van der Waals surface area contributed by atoms with E-state index in [1.807, 2.05) is 18.2 Å². The molecule has 12 heteroatoms. The second-order valence-corrected chi connectivity index (χ2v) is 7.83. The van der Waals surface area contributed by atoms with Crippen molar-refractivity contribution in [3.63, 3.8) is 0 Å². The van der Waals surface area contributed by atoms with Crippen molar-refractivity contribution in [2.24, 2.45) is 5.73 Å². The first-order valence-corrected chi connectivity index (χ1v) is 9.71. The maximum atomic E-state index is 12.4. The van der Waals surface area contributed by atoms with Gasteiger partial charge in [0.15, 0.2) is 0 Å². The lowest BCUT2D eigenvalue weighted by Crippen LogP contribution is -2.51. The number of piperazine rings is 1. The first-order chi connectivity index (χ1) is 11.9. The fraction of sp³-hybridized carbons (Fsp3) is 0.600. The Morgan fingerprint density at radius 1 is 1.30 bits per heavy atom.